The SMILES string of the molecule is O=C(O)CCNC(=O)N1C(=O)NC2=C(C(=O)OC2)[C@@H]1c1ccc(F)c(F)c1. The summed E-state index contributed by atoms with van der Waals surface area (Å²) in [6.07, 6.45) is -0.396. The van der Waals surface area contributed by atoms with Gasteiger partial charge in [-0.15, -0.1) is 0 Å². The molecule has 11 heteroatoms. The van der Waals surface area contributed by atoms with Gasteiger partial charge in [-0.2, -0.15) is 0 Å². The lowest BCUT2D eigenvalue weighted by atomic mass is 9.94. The van der Waals surface area contributed by atoms with Crippen molar-refractivity contribution >= 4 is 24.0 Å². The van der Waals surface area contributed by atoms with Crippen LogP contribution >= 0.6 is 0 Å². The highest BCUT2D eigenvalue weighted by molar-refractivity contribution is 6.03. The van der Waals surface area contributed by atoms with Gasteiger partial charge in [-0.05, 0) is 17.7 Å². The van der Waals surface area contributed by atoms with Crippen LogP contribution in [-0.2, 0) is 14.3 Å². The zero-order chi connectivity index (χ0) is 19.7. The molecule has 142 valence electrons. The van der Waals surface area contributed by atoms with Crippen molar-refractivity contribution in [1.82, 2.24) is 15.5 Å². The van der Waals surface area contributed by atoms with E-state index in [9.17, 15) is 28.0 Å². The number of amides is 4. The number of halogens is 2. The van der Waals surface area contributed by atoms with Crippen molar-refractivity contribution in [3.8, 4) is 0 Å². The Bertz CT molecular complexity index is 885. The van der Waals surface area contributed by atoms with E-state index in [0.29, 0.717) is 4.90 Å². The van der Waals surface area contributed by atoms with E-state index in [1.54, 1.807) is 0 Å². The average Bonchev–Trinajstić information content (AvgIpc) is 2.96. The zero-order valence-electron chi connectivity index (χ0n) is 13.6. The topological polar surface area (TPSA) is 125 Å². The molecule has 1 atom stereocenters. The van der Waals surface area contributed by atoms with Crippen LogP contribution in [0.5, 0.6) is 0 Å². The molecule has 0 saturated heterocycles. The van der Waals surface area contributed by atoms with Gasteiger partial charge in [0.25, 0.3) is 0 Å². The number of hydrogen-bond acceptors (Lipinski definition) is 5. The quantitative estimate of drug-likeness (QED) is 0.669. The smallest absolute Gasteiger partial charge is 0.338 e. The molecule has 0 fully saturated rings. The monoisotopic (exact) mass is 381 g/mol. The number of carboxylic acids is 1. The van der Waals surface area contributed by atoms with Crippen LogP contribution < -0.4 is 10.6 Å². The van der Waals surface area contributed by atoms with Crippen LogP contribution in [0.2, 0.25) is 0 Å². The lowest BCUT2D eigenvalue weighted by Crippen LogP contribution is -2.54. The number of nitrogens with one attached hydrogen (secondary N) is 2. The van der Waals surface area contributed by atoms with Crippen LogP contribution in [0.15, 0.2) is 29.5 Å². The van der Waals surface area contributed by atoms with Crippen LogP contribution in [0.4, 0.5) is 18.4 Å². The van der Waals surface area contributed by atoms with E-state index in [-0.39, 0.29) is 30.0 Å². The number of aliphatic carboxylic acids is 1. The molecule has 2 heterocycles. The van der Waals surface area contributed by atoms with Crippen molar-refractivity contribution in [2.75, 3.05) is 13.2 Å². The number of rotatable bonds is 4. The van der Waals surface area contributed by atoms with Crippen molar-refractivity contribution in [1.29, 1.82) is 0 Å². The van der Waals surface area contributed by atoms with Crippen LogP contribution in [0.3, 0.4) is 0 Å². The fourth-order valence-electron chi connectivity index (χ4n) is 2.80. The molecule has 0 saturated carbocycles. The predicted molar refractivity (Wildman–Crippen MR) is 83.1 cm³/mol. The predicted octanol–water partition coefficient (Wildman–Crippen LogP) is 1.03. The molecule has 1 aromatic carbocycles. The molecular formula is C16H13F2N3O6. The summed E-state index contributed by atoms with van der Waals surface area (Å²) in [7, 11) is 0. The number of carbonyl (C=O) groups excluding carboxylic acids is 3. The Morgan fingerprint density at radius 3 is 2.70 bits per heavy atom. The molecule has 4 amide bonds. The zero-order valence-corrected chi connectivity index (χ0v) is 13.6. The van der Waals surface area contributed by atoms with Gasteiger partial charge < -0.3 is 20.5 Å². The van der Waals surface area contributed by atoms with Crippen LogP contribution in [0.1, 0.15) is 18.0 Å². The second-order valence-corrected chi connectivity index (χ2v) is 5.72. The number of imide groups is 1. The summed E-state index contributed by atoms with van der Waals surface area (Å²) in [5.74, 6) is -4.35. The highest BCUT2D eigenvalue weighted by atomic mass is 19.2. The van der Waals surface area contributed by atoms with E-state index in [2.05, 4.69) is 10.6 Å². The molecule has 0 spiro atoms. The van der Waals surface area contributed by atoms with Crippen molar-refractivity contribution in [3.05, 3.63) is 46.7 Å². The lowest BCUT2D eigenvalue weighted by Gasteiger charge is -2.34. The van der Waals surface area contributed by atoms with Crippen LogP contribution in [-0.4, -0.2) is 47.2 Å². The summed E-state index contributed by atoms with van der Waals surface area (Å²) in [6, 6.07) is -0.576. The lowest BCUT2D eigenvalue weighted by molar-refractivity contribution is -0.137. The first-order chi connectivity index (χ1) is 12.8. The molecule has 9 nitrogen and oxygen atoms in total. The Morgan fingerprint density at radius 2 is 2.04 bits per heavy atom. The van der Waals surface area contributed by atoms with Gasteiger partial charge in [0.1, 0.15) is 12.6 Å². The van der Waals surface area contributed by atoms with E-state index in [1.807, 2.05) is 0 Å². The summed E-state index contributed by atoms with van der Waals surface area (Å²) in [6.45, 7) is -0.507. The van der Waals surface area contributed by atoms with Crippen LogP contribution in [0, 0.1) is 11.6 Å². The summed E-state index contributed by atoms with van der Waals surface area (Å²) in [5, 5.41) is 13.2. The van der Waals surface area contributed by atoms with E-state index in [0.717, 1.165) is 18.2 Å². The minimum atomic E-state index is -1.36. The molecule has 3 N–H and O–H groups in total. The third-order valence-electron chi connectivity index (χ3n) is 3.99. The van der Waals surface area contributed by atoms with Gasteiger partial charge in [0, 0.05) is 6.54 Å². The molecule has 0 bridgehead atoms. The maximum atomic E-state index is 13.7. The number of ether oxygens (including phenoxy) is 1. The molecule has 0 radical (unpaired) electrons. The number of carbonyl (C=O) groups is 4. The molecule has 0 aromatic heterocycles. The van der Waals surface area contributed by atoms with E-state index < -0.39 is 48.1 Å². The fourth-order valence-corrected chi connectivity index (χ4v) is 2.80. The van der Waals surface area contributed by atoms with Gasteiger partial charge in [-0.1, -0.05) is 6.07 Å². The van der Waals surface area contributed by atoms with Gasteiger partial charge in [0.2, 0.25) is 0 Å². The maximum Gasteiger partial charge on any atom is 0.338 e. The number of carboxylic acid groups (broad SMARTS) is 1. The molecule has 2 aliphatic heterocycles. The van der Waals surface area contributed by atoms with Gasteiger partial charge >= 0.3 is 24.0 Å². The normalized spacial score (nSPS) is 18.7. The number of cyclic esters (lactones) is 1. The van der Waals surface area contributed by atoms with E-state index in [4.69, 9.17) is 9.84 Å². The van der Waals surface area contributed by atoms with Crippen molar-refractivity contribution in [3.63, 3.8) is 0 Å². The summed E-state index contributed by atoms with van der Waals surface area (Å²) < 4.78 is 31.8. The Kier molecular flexibility index (Phi) is 4.75. The standard InChI is InChI=1S/C16H13F2N3O6/c17-8-2-1-7(5-9(8)18)13-12-10(6-27-14(12)24)20-16(26)21(13)15(25)19-4-3-11(22)23/h1-2,5,13H,3-4,6H2,(H,19,25)(H,20,26)(H,22,23)/t13-/m0/s1. The molecule has 27 heavy (non-hydrogen) atoms. The van der Waals surface area contributed by atoms with Crippen molar-refractivity contribution in [2.45, 2.75) is 12.5 Å². The van der Waals surface area contributed by atoms with Gasteiger partial charge in [-0.3, -0.25) is 4.79 Å². The fraction of sp³-hybridized carbons (Fsp3) is 0.250. The number of urea groups is 2. The maximum absolute atomic E-state index is 13.7. The third-order valence-corrected chi connectivity index (χ3v) is 3.99. The van der Waals surface area contributed by atoms with Gasteiger partial charge in [-0.25, -0.2) is 28.1 Å². The molecule has 0 unspecified atom stereocenters. The third kappa shape index (κ3) is 3.43. The largest absolute Gasteiger partial charge is 0.481 e. The van der Waals surface area contributed by atoms with Crippen LogP contribution in [0.25, 0.3) is 0 Å². The Labute approximate surface area is 150 Å². The average molecular weight is 381 g/mol. The Balaban J connectivity index is 2.00. The summed E-state index contributed by atoms with van der Waals surface area (Å²) in [5.41, 5.74) is 0.00629. The molecule has 0 aliphatic carbocycles. The molecule has 1 aromatic rings. The highest BCUT2D eigenvalue weighted by Gasteiger charge is 2.45. The number of nitrogens with zero attached hydrogens (tertiary/aromatic N) is 1. The summed E-state index contributed by atoms with van der Waals surface area (Å²) in [4.78, 5) is 48.1. The van der Waals surface area contributed by atoms with Crippen molar-refractivity contribution < 1.29 is 37.8 Å². The first kappa shape index (κ1) is 18.3. The second-order valence-electron chi connectivity index (χ2n) is 5.72. The Morgan fingerprint density at radius 1 is 1.30 bits per heavy atom. The highest BCUT2D eigenvalue weighted by Crippen LogP contribution is 2.37. The van der Waals surface area contributed by atoms with Gasteiger partial charge in [0.05, 0.1) is 17.7 Å². The first-order valence-corrected chi connectivity index (χ1v) is 7.74. The minimum Gasteiger partial charge on any atom is -0.481 e. The molecule has 2 aliphatic rings. The van der Waals surface area contributed by atoms with Crippen molar-refractivity contribution in [2.24, 2.45) is 0 Å². The molecule has 3 rings (SSSR count). The Hall–Kier alpha value is -3.50. The molecular weight excluding hydrogens is 368 g/mol. The van der Waals surface area contributed by atoms with Gasteiger partial charge in [0.15, 0.2) is 11.6 Å². The van der Waals surface area contributed by atoms with E-state index >= 15 is 0 Å². The number of benzene rings is 1. The second kappa shape index (κ2) is 7.02. The summed E-state index contributed by atoms with van der Waals surface area (Å²) >= 11 is 0. The minimum absolute atomic E-state index is 0.0246. The number of hydrogen-bond donors (Lipinski definition) is 3. The number of esters is 1. The van der Waals surface area contributed by atoms with E-state index in [1.165, 1.54) is 0 Å². The first-order valence-electron chi connectivity index (χ1n) is 7.74.